The van der Waals surface area contributed by atoms with Gasteiger partial charge in [-0.05, 0) is 44.7 Å². The number of benzene rings is 1. The maximum absolute atomic E-state index is 11.8. The van der Waals surface area contributed by atoms with Crippen LogP contribution in [0.3, 0.4) is 0 Å². The van der Waals surface area contributed by atoms with Gasteiger partial charge in [0.25, 0.3) is 11.8 Å². The fourth-order valence-corrected chi connectivity index (χ4v) is 2.51. The smallest absolute Gasteiger partial charge is 0.252 e. The summed E-state index contributed by atoms with van der Waals surface area (Å²) in [6, 6.07) is 7.30. The standard InChI is InChI=1S/C16H22N2O3/c1-12-4-6-13(7-5-12)14(19)17-10-11-18-15(20)16(21)8-2-3-9-16/h4-7,21H,2-3,8-11H2,1H3,(H,17,19)(H,18,20). The van der Waals surface area contributed by atoms with Crippen LogP contribution in [0.15, 0.2) is 24.3 Å². The zero-order valence-corrected chi connectivity index (χ0v) is 12.3. The van der Waals surface area contributed by atoms with Crippen LogP contribution in [0.5, 0.6) is 0 Å². The van der Waals surface area contributed by atoms with Crippen molar-refractivity contribution in [3.8, 4) is 0 Å². The molecule has 1 fully saturated rings. The van der Waals surface area contributed by atoms with E-state index in [9.17, 15) is 14.7 Å². The molecule has 0 heterocycles. The van der Waals surface area contributed by atoms with Crippen molar-refractivity contribution in [2.75, 3.05) is 13.1 Å². The summed E-state index contributed by atoms with van der Waals surface area (Å²) in [7, 11) is 0. The lowest BCUT2D eigenvalue weighted by atomic mass is 10.0. The molecule has 114 valence electrons. The van der Waals surface area contributed by atoms with Crippen LogP contribution >= 0.6 is 0 Å². The van der Waals surface area contributed by atoms with Gasteiger partial charge in [0.2, 0.25) is 0 Å². The molecule has 0 unspecified atom stereocenters. The average Bonchev–Trinajstić information content (AvgIpc) is 2.92. The number of aliphatic hydroxyl groups is 1. The number of amides is 2. The van der Waals surface area contributed by atoms with Crippen molar-refractivity contribution in [1.29, 1.82) is 0 Å². The SMILES string of the molecule is Cc1ccc(C(=O)NCCNC(=O)C2(O)CCCC2)cc1. The van der Waals surface area contributed by atoms with Gasteiger partial charge in [-0.25, -0.2) is 0 Å². The zero-order valence-electron chi connectivity index (χ0n) is 12.3. The van der Waals surface area contributed by atoms with E-state index >= 15 is 0 Å². The summed E-state index contributed by atoms with van der Waals surface area (Å²) in [5.41, 5.74) is 0.492. The predicted molar refractivity (Wildman–Crippen MR) is 79.9 cm³/mol. The number of carbonyl (C=O) groups is 2. The molecule has 1 aromatic carbocycles. The highest BCUT2D eigenvalue weighted by Crippen LogP contribution is 2.29. The largest absolute Gasteiger partial charge is 0.380 e. The topological polar surface area (TPSA) is 78.4 Å². The second-order valence-electron chi connectivity index (χ2n) is 5.62. The fourth-order valence-electron chi connectivity index (χ4n) is 2.51. The molecule has 3 N–H and O–H groups in total. The number of hydrogen-bond donors (Lipinski definition) is 3. The van der Waals surface area contributed by atoms with Crippen molar-refractivity contribution in [3.63, 3.8) is 0 Å². The number of aryl methyl sites for hydroxylation is 1. The van der Waals surface area contributed by atoms with Gasteiger partial charge in [0, 0.05) is 18.7 Å². The van der Waals surface area contributed by atoms with E-state index in [1.165, 1.54) is 0 Å². The summed E-state index contributed by atoms with van der Waals surface area (Å²) >= 11 is 0. The van der Waals surface area contributed by atoms with E-state index in [0.717, 1.165) is 18.4 Å². The van der Waals surface area contributed by atoms with Gasteiger partial charge >= 0.3 is 0 Å². The molecule has 0 radical (unpaired) electrons. The molecule has 1 aliphatic carbocycles. The van der Waals surface area contributed by atoms with Gasteiger partial charge in [-0.3, -0.25) is 9.59 Å². The summed E-state index contributed by atoms with van der Waals surface area (Å²) in [6.45, 7) is 2.62. The molecule has 1 aliphatic rings. The Balaban J connectivity index is 1.71. The summed E-state index contributed by atoms with van der Waals surface area (Å²) < 4.78 is 0. The summed E-state index contributed by atoms with van der Waals surface area (Å²) in [4.78, 5) is 23.7. The van der Waals surface area contributed by atoms with E-state index in [1.54, 1.807) is 12.1 Å². The van der Waals surface area contributed by atoms with Crippen LogP contribution in [0, 0.1) is 6.92 Å². The Morgan fingerprint density at radius 2 is 1.67 bits per heavy atom. The highest BCUT2D eigenvalue weighted by atomic mass is 16.3. The Morgan fingerprint density at radius 3 is 2.29 bits per heavy atom. The Bertz CT molecular complexity index is 505. The quantitative estimate of drug-likeness (QED) is 0.712. The summed E-state index contributed by atoms with van der Waals surface area (Å²) in [5.74, 6) is -0.492. The Morgan fingerprint density at radius 1 is 1.10 bits per heavy atom. The van der Waals surface area contributed by atoms with Gasteiger partial charge in [-0.2, -0.15) is 0 Å². The van der Waals surface area contributed by atoms with Crippen molar-refractivity contribution in [2.24, 2.45) is 0 Å². The van der Waals surface area contributed by atoms with Crippen LogP contribution in [0.4, 0.5) is 0 Å². The lowest BCUT2D eigenvalue weighted by Crippen LogP contribution is -2.46. The molecular formula is C16H22N2O3. The zero-order chi connectivity index (χ0) is 15.3. The molecule has 2 amide bonds. The van der Waals surface area contributed by atoms with Gasteiger partial charge in [0.1, 0.15) is 5.60 Å². The van der Waals surface area contributed by atoms with E-state index < -0.39 is 5.60 Å². The molecule has 0 aliphatic heterocycles. The minimum absolute atomic E-state index is 0.163. The maximum Gasteiger partial charge on any atom is 0.252 e. The van der Waals surface area contributed by atoms with E-state index in [0.29, 0.717) is 31.5 Å². The molecule has 0 saturated heterocycles. The van der Waals surface area contributed by atoms with Gasteiger partial charge in [0.15, 0.2) is 0 Å². The number of rotatable bonds is 5. The highest BCUT2D eigenvalue weighted by molar-refractivity contribution is 5.94. The van der Waals surface area contributed by atoms with Crippen molar-refractivity contribution in [3.05, 3.63) is 35.4 Å². The first-order valence-corrected chi connectivity index (χ1v) is 7.37. The van der Waals surface area contributed by atoms with Crippen LogP contribution in [-0.2, 0) is 4.79 Å². The van der Waals surface area contributed by atoms with E-state index in [4.69, 9.17) is 0 Å². The van der Waals surface area contributed by atoms with Crippen molar-refractivity contribution >= 4 is 11.8 Å². The third-order valence-corrected chi connectivity index (χ3v) is 3.86. The third-order valence-electron chi connectivity index (χ3n) is 3.86. The number of nitrogens with one attached hydrogen (secondary N) is 2. The minimum Gasteiger partial charge on any atom is -0.380 e. The molecule has 5 heteroatoms. The first kappa shape index (κ1) is 15.5. The number of hydrogen-bond acceptors (Lipinski definition) is 3. The van der Waals surface area contributed by atoms with Gasteiger partial charge in [-0.1, -0.05) is 17.7 Å². The Kier molecular flexibility index (Phi) is 4.96. The molecule has 21 heavy (non-hydrogen) atoms. The molecule has 0 atom stereocenters. The van der Waals surface area contributed by atoms with E-state index in [1.807, 2.05) is 19.1 Å². The lowest BCUT2D eigenvalue weighted by Gasteiger charge is -2.20. The average molecular weight is 290 g/mol. The van der Waals surface area contributed by atoms with Crippen molar-refractivity contribution in [2.45, 2.75) is 38.2 Å². The molecule has 0 spiro atoms. The van der Waals surface area contributed by atoms with E-state index in [2.05, 4.69) is 10.6 Å². The summed E-state index contributed by atoms with van der Waals surface area (Å²) in [6.07, 6.45) is 2.81. The van der Waals surface area contributed by atoms with Crippen LogP contribution < -0.4 is 10.6 Å². The van der Waals surface area contributed by atoms with Crippen molar-refractivity contribution < 1.29 is 14.7 Å². The maximum atomic E-state index is 11.8. The first-order valence-electron chi connectivity index (χ1n) is 7.37. The molecule has 0 aromatic heterocycles. The Labute approximate surface area is 124 Å². The van der Waals surface area contributed by atoms with Crippen molar-refractivity contribution in [1.82, 2.24) is 10.6 Å². The number of carbonyl (C=O) groups excluding carboxylic acids is 2. The van der Waals surface area contributed by atoms with Gasteiger partial charge < -0.3 is 15.7 Å². The highest BCUT2D eigenvalue weighted by Gasteiger charge is 2.38. The molecular weight excluding hydrogens is 268 g/mol. The lowest BCUT2D eigenvalue weighted by molar-refractivity contribution is -0.139. The van der Waals surface area contributed by atoms with Crippen LogP contribution in [0.25, 0.3) is 0 Å². The predicted octanol–water partition coefficient (Wildman–Crippen LogP) is 1.15. The molecule has 1 saturated carbocycles. The molecule has 0 bridgehead atoms. The first-order chi connectivity index (χ1) is 10.0. The molecule has 5 nitrogen and oxygen atoms in total. The Hall–Kier alpha value is -1.88. The monoisotopic (exact) mass is 290 g/mol. The van der Waals surface area contributed by atoms with Gasteiger partial charge in [-0.15, -0.1) is 0 Å². The van der Waals surface area contributed by atoms with E-state index in [-0.39, 0.29) is 11.8 Å². The van der Waals surface area contributed by atoms with Crippen LogP contribution in [0.2, 0.25) is 0 Å². The van der Waals surface area contributed by atoms with Crippen LogP contribution in [0.1, 0.15) is 41.6 Å². The van der Waals surface area contributed by atoms with Gasteiger partial charge in [0.05, 0.1) is 0 Å². The normalized spacial score (nSPS) is 16.5. The summed E-state index contributed by atoms with van der Waals surface area (Å²) in [5, 5.41) is 15.5. The second-order valence-corrected chi connectivity index (χ2v) is 5.62. The molecule has 1 aromatic rings. The third kappa shape index (κ3) is 4.04. The second kappa shape index (κ2) is 6.72. The fraction of sp³-hybridized carbons (Fsp3) is 0.500. The van der Waals surface area contributed by atoms with Crippen LogP contribution in [-0.4, -0.2) is 35.6 Å². The minimum atomic E-state index is -1.21. The molecule has 2 rings (SSSR count).